The summed E-state index contributed by atoms with van der Waals surface area (Å²) in [5, 5.41) is 21.0. The highest BCUT2D eigenvalue weighted by atomic mass is 16.5. The zero-order valence-corrected chi connectivity index (χ0v) is 13.7. The second kappa shape index (κ2) is 4.82. The fraction of sp³-hybridized carbons (Fsp3) is 0.824. The molecule has 120 valence electrons. The molecule has 0 aromatic heterocycles. The predicted molar refractivity (Wildman–Crippen MR) is 80.4 cm³/mol. The predicted octanol–water partition coefficient (Wildman–Crippen LogP) is 2.15. The minimum Gasteiger partial charge on any atom is -0.465 e. The first kappa shape index (κ1) is 16.5. The van der Waals surface area contributed by atoms with Crippen LogP contribution in [0, 0.1) is 28.6 Å². The first-order valence-electron chi connectivity index (χ1n) is 7.66. The van der Waals surface area contributed by atoms with Crippen molar-refractivity contribution < 1.29 is 19.7 Å². The Balaban J connectivity index is 2.15. The van der Waals surface area contributed by atoms with E-state index < -0.39 is 17.1 Å². The van der Waals surface area contributed by atoms with Gasteiger partial charge in [-0.1, -0.05) is 19.9 Å². The van der Waals surface area contributed by atoms with Gasteiger partial charge in [-0.25, -0.2) is 0 Å². The summed E-state index contributed by atoms with van der Waals surface area (Å²) in [6, 6.07) is 0. The molecule has 21 heavy (non-hydrogen) atoms. The molecule has 5 atom stereocenters. The van der Waals surface area contributed by atoms with Gasteiger partial charge in [-0.3, -0.25) is 4.79 Å². The van der Waals surface area contributed by atoms with Crippen LogP contribution in [0.15, 0.2) is 12.7 Å². The third-order valence-corrected chi connectivity index (χ3v) is 5.38. The second-order valence-corrected chi connectivity index (χ2v) is 8.29. The van der Waals surface area contributed by atoms with E-state index in [1.54, 1.807) is 0 Å². The summed E-state index contributed by atoms with van der Waals surface area (Å²) in [4.78, 5) is 12.0. The lowest BCUT2D eigenvalue weighted by Crippen LogP contribution is -2.47. The van der Waals surface area contributed by atoms with Crippen LogP contribution in [0.25, 0.3) is 0 Å². The van der Waals surface area contributed by atoms with Gasteiger partial charge in [0.15, 0.2) is 0 Å². The number of aliphatic hydroxyl groups excluding tert-OH is 1. The third kappa shape index (κ3) is 2.64. The molecule has 0 aromatic carbocycles. The number of ether oxygens (including phenoxy) is 1. The Morgan fingerprint density at radius 3 is 2.43 bits per heavy atom. The number of rotatable bonds is 3. The average molecular weight is 296 g/mol. The normalized spacial score (nSPS) is 41.1. The van der Waals surface area contributed by atoms with E-state index >= 15 is 0 Å². The largest absolute Gasteiger partial charge is 0.465 e. The third-order valence-electron chi connectivity index (χ3n) is 5.38. The highest BCUT2D eigenvalue weighted by Crippen LogP contribution is 2.68. The molecule has 0 spiro atoms. The first-order valence-corrected chi connectivity index (χ1v) is 7.66. The van der Waals surface area contributed by atoms with Gasteiger partial charge in [0.05, 0.1) is 23.7 Å². The molecular weight excluding hydrogens is 268 g/mol. The van der Waals surface area contributed by atoms with Gasteiger partial charge in [-0.05, 0) is 38.0 Å². The van der Waals surface area contributed by atoms with Gasteiger partial charge >= 0.3 is 5.97 Å². The van der Waals surface area contributed by atoms with Crippen molar-refractivity contribution in [2.75, 3.05) is 6.61 Å². The number of carbonyl (C=O) groups excluding carboxylic acids is 1. The van der Waals surface area contributed by atoms with E-state index in [1.165, 1.54) is 6.08 Å². The summed E-state index contributed by atoms with van der Waals surface area (Å²) >= 11 is 0. The van der Waals surface area contributed by atoms with Crippen LogP contribution in [0.1, 0.15) is 41.0 Å². The van der Waals surface area contributed by atoms with Crippen LogP contribution in [0.4, 0.5) is 0 Å². The summed E-state index contributed by atoms with van der Waals surface area (Å²) in [7, 11) is 0. The molecule has 0 aromatic rings. The Bertz CT molecular complexity index is 448. The number of aliphatic hydroxyl groups is 2. The van der Waals surface area contributed by atoms with E-state index in [0.717, 1.165) is 0 Å². The second-order valence-electron chi connectivity index (χ2n) is 8.29. The van der Waals surface area contributed by atoms with Crippen molar-refractivity contribution in [1.82, 2.24) is 0 Å². The molecule has 2 fully saturated rings. The van der Waals surface area contributed by atoms with Gasteiger partial charge < -0.3 is 14.9 Å². The van der Waals surface area contributed by atoms with Crippen LogP contribution in [-0.2, 0) is 9.53 Å². The molecule has 0 saturated heterocycles. The number of hydrogen-bond acceptors (Lipinski definition) is 4. The molecule has 0 aliphatic heterocycles. The van der Waals surface area contributed by atoms with Crippen LogP contribution in [0.5, 0.6) is 0 Å². The summed E-state index contributed by atoms with van der Waals surface area (Å²) in [5.41, 5.74) is -1.77. The van der Waals surface area contributed by atoms with E-state index in [0.29, 0.717) is 0 Å². The zero-order valence-electron chi connectivity index (χ0n) is 13.7. The van der Waals surface area contributed by atoms with E-state index in [9.17, 15) is 15.0 Å². The molecule has 4 nitrogen and oxygen atoms in total. The molecule has 4 heteroatoms. The van der Waals surface area contributed by atoms with Crippen LogP contribution < -0.4 is 0 Å². The fourth-order valence-corrected chi connectivity index (χ4v) is 4.01. The van der Waals surface area contributed by atoms with E-state index in [-0.39, 0.29) is 42.2 Å². The molecule has 0 bridgehead atoms. The summed E-state index contributed by atoms with van der Waals surface area (Å²) in [6.07, 6.45) is 1.23. The van der Waals surface area contributed by atoms with Crippen LogP contribution >= 0.6 is 0 Å². The molecule has 0 unspecified atom stereocenters. The highest BCUT2D eigenvalue weighted by molar-refractivity contribution is 5.75. The lowest BCUT2D eigenvalue weighted by Gasteiger charge is -2.39. The first-order chi connectivity index (χ1) is 9.45. The number of esters is 1. The van der Waals surface area contributed by atoms with Crippen LogP contribution in [0.3, 0.4) is 0 Å². The summed E-state index contributed by atoms with van der Waals surface area (Å²) in [5.74, 6) is -0.159. The van der Waals surface area contributed by atoms with Crippen molar-refractivity contribution in [3.63, 3.8) is 0 Å². The van der Waals surface area contributed by atoms with E-state index in [1.807, 2.05) is 20.8 Å². The SMILES string of the molecule is C=C[C@@]1(O)C[C@H](O)[C@@H]2[C@H]([C@@H]1COC(=O)C(C)(C)C)C2(C)C. The average Bonchev–Trinajstić information content (AvgIpc) is 2.91. The van der Waals surface area contributed by atoms with Crippen molar-refractivity contribution in [2.45, 2.75) is 52.7 Å². The standard InChI is InChI=1S/C17H28O4/c1-7-17(20)8-11(18)13-12(16(13,5)6)10(17)9-21-14(19)15(2,3)4/h7,10-13,18,20H,1,8-9H2,2-6H3/t10-,11-,12-,13+,17+/m0/s1. The molecular formula is C17H28O4. The monoisotopic (exact) mass is 296 g/mol. The maximum Gasteiger partial charge on any atom is 0.311 e. The van der Waals surface area contributed by atoms with Gasteiger partial charge in [0, 0.05) is 12.3 Å². The topological polar surface area (TPSA) is 66.8 Å². The summed E-state index contributed by atoms with van der Waals surface area (Å²) < 4.78 is 5.44. The van der Waals surface area contributed by atoms with Crippen LogP contribution in [0.2, 0.25) is 0 Å². The minimum absolute atomic E-state index is 0.0360. The Labute approximate surface area is 127 Å². The maximum absolute atomic E-state index is 12.0. The molecule has 0 radical (unpaired) electrons. The minimum atomic E-state index is -1.17. The van der Waals surface area contributed by atoms with Crippen LogP contribution in [-0.4, -0.2) is 34.5 Å². The van der Waals surface area contributed by atoms with E-state index in [4.69, 9.17) is 4.74 Å². The molecule has 2 rings (SSSR count). The lowest BCUT2D eigenvalue weighted by molar-refractivity contribution is -0.159. The molecule has 2 saturated carbocycles. The van der Waals surface area contributed by atoms with Gasteiger partial charge in [0.1, 0.15) is 0 Å². The lowest BCUT2D eigenvalue weighted by atomic mass is 9.74. The Morgan fingerprint density at radius 2 is 1.95 bits per heavy atom. The van der Waals surface area contributed by atoms with Crippen molar-refractivity contribution in [1.29, 1.82) is 0 Å². The van der Waals surface area contributed by atoms with Gasteiger partial charge in [-0.15, -0.1) is 6.58 Å². The van der Waals surface area contributed by atoms with Crippen molar-refractivity contribution in [2.24, 2.45) is 28.6 Å². The molecule has 0 amide bonds. The zero-order chi connectivity index (χ0) is 16.2. The number of fused-ring (bicyclic) bond motifs is 1. The fourth-order valence-electron chi connectivity index (χ4n) is 4.01. The Morgan fingerprint density at radius 1 is 1.38 bits per heavy atom. The summed E-state index contributed by atoms with van der Waals surface area (Å²) in [6.45, 7) is 13.5. The molecule has 2 N–H and O–H groups in total. The van der Waals surface area contributed by atoms with Gasteiger partial charge in [-0.2, -0.15) is 0 Å². The molecule has 0 heterocycles. The number of hydrogen-bond donors (Lipinski definition) is 2. The Hall–Kier alpha value is -0.870. The van der Waals surface area contributed by atoms with Crippen molar-refractivity contribution >= 4 is 5.97 Å². The maximum atomic E-state index is 12.0. The van der Waals surface area contributed by atoms with Gasteiger partial charge in [0.2, 0.25) is 0 Å². The Kier molecular flexibility index (Phi) is 3.78. The highest BCUT2D eigenvalue weighted by Gasteiger charge is 2.70. The molecule has 2 aliphatic carbocycles. The molecule has 2 aliphatic rings. The van der Waals surface area contributed by atoms with Crippen molar-refractivity contribution in [3.8, 4) is 0 Å². The van der Waals surface area contributed by atoms with E-state index in [2.05, 4.69) is 20.4 Å². The van der Waals surface area contributed by atoms with Crippen molar-refractivity contribution in [3.05, 3.63) is 12.7 Å². The smallest absolute Gasteiger partial charge is 0.311 e. The number of carbonyl (C=O) groups is 1. The van der Waals surface area contributed by atoms with Gasteiger partial charge in [0.25, 0.3) is 0 Å². The quantitative estimate of drug-likeness (QED) is 0.618.